The van der Waals surface area contributed by atoms with Crippen molar-refractivity contribution in [3.05, 3.63) is 53.5 Å². The maximum absolute atomic E-state index is 12.6. The Kier molecular flexibility index (Phi) is 4.08. The van der Waals surface area contributed by atoms with E-state index < -0.39 is 5.97 Å². The minimum Gasteiger partial charge on any atom is -0.318 e. The van der Waals surface area contributed by atoms with E-state index in [4.69, 9.17) is 0 Å². The fourth-order valence-corrected chi connectivity index (χ4v) is 3.04. The van der Waals surface area contributed by atoms with Gasteiger partial charge in [0.1, 0.15) is 5.71 Å². The van der Waals surface area contributed by atoms with Crippen molar-refractivity contribution >= 4 is 39.7 Å². The first-order chi connectivity index (χ1) is 11.1. The molecule has 116 valence electrons. The number of carbonyl (C=O) groups excluding carboxylic acids is 2. The molecule has 0 aliphatic carbocycles. The highest BCUT2D eigenvalue weighted by Gasteiger charge is 2.18. The summed E-state index contributed by atoms with van der Waals surface area (Å²) in [4.78, 5) is 28.0. The van der Waals surface area contributed by atoms with Crippen LogP contribution in [0, 0.1) is 0 Å². The van der Waals surface area contributed by atoms with Crippen LogP contribution in [0.2, 0.25) is 0 Å². The maximum Gasteiger partial charge on any atom is 0.331 e. The van der Waals surface area contributed by atoms with Gasteiger partial charge < -0.3 is 9.40 Å². The number of carbonyl (C=O) groups is 2. The summed E-state index contributed by atoms with van der Waals surface area (Å²) in [7, 11) is 0. The Morgan fingerprint density at radius 3 is 2.61 bits per heavy atom. The van der Waals surface area contributed by atoms with Gasteiger partial charge in [-0.15, -0.1) is 11.3 Å². The van der Waals surface area contributed by atoms with E-state index in [1.807, 2.05) is 46.3 Å². The molecule has 3 rings (SSSR count). The third-order valence-electron chi connectivity index (χ3n) is 3.34. The van der Waals surface area contributed by atoms with Gasteiger partial charge in [-0.2, -0.15) is 0 Å². The lowest BCUT2D eigenvalue weighted by atomic mass is 10.1. The number of Topliss-reactive ketones (excluding diaryl/α,β-unsaturated/α-hetero) is 1. The molecule has 0 amide bonds. The normalized spacial score (nSPS) is 11.7. The zero-order valence-corrected chi connectivity index (χ0v) is 13.5. The van der Waals surface area contributed by atoms with Crippen molar-refractivity contribution in [3.63, 3.8) is 0 Å². The van der Waals surface area contributed by atoms with Crippen molar-refractivity contribution < 1.29 is 14.4 Å². The molecule has 0 bridgehead atoms. The first kappa shape index (κ1) is 15.2. The Morgan fingerprint density at radius 2 is 1.91 bits per heavy atom. The van der Waals surface area contributed by atoms with Crippen molar-refractivity contribution in [2.75, 3.05) is 0 Å². The number of oxime groups is 1. The Morgan fingerprint density at radius 1 is 1.13 bits per heavy atom. The van der Waals surface area contributed by atoms with E-state index in [0.717, 1.165) is 15.9 Å². The number of ketones is 1. The highest BCUT2D eigenvalue weighted by atomic mass is 32.1. The molecular formula is C17H14N2O3S. The molecular weight excluding hydrogens is 312 g/mol. The SMILES string of the molecule is CC(=O)O/N=C(\C)C(=O)c1cn(-c2cccs2)c2ccccc12. The summed E-state index contributed by atoms with van der Waals surface area (Å²) in [6.45, 7) is 2.77. The second-order valence-corrected chi connectivity index (χ2v) is 5.90. The Labute approximate surface area is 136 Å². The summed E-state index contributed by atoms with van der Waals surface area (Å²) in [6, 6.07) is 11.6. The minimum absolute atomic E-state index is 0.134. The van der Waals surface area contributed by atoms with Crippen LogP contribution in [0.3, 0.4) is 0 Å². The van der Waals surface area contributed by atoms with Crippen LogP contribution in [0.1, 0.15) is 24.2 Å². The average molecular weight is 326 g/mol. The fourth-order valence-electron chi connectivity index (χ4n) is 2.32. The molecule has 3 aromatic rings. The van der Waals surface area contributed by atoms with Gasteiger partial charge in [0, 0.05) is 24.1 Å². The molecule has 0 radical (unpaired) electrons. The molecule has 0 atom stereocenters. The molecule has 0 aliphatic heterocycles. The second-order valence-electron chi connectivity index (χ2n) is 4.97. The number of hydrogen-bond acceptors (Lipinski definition) is 5. The molecule has 0 aliphatic rings. The third kappa shape index (κ3) is 2.93. The van der Waals surface area contributed by atoms with E-state index in [1.165, 1.54) is 13.8 Å². The molecule has 2 aromatic heterocycles. The Balaban J connectivity index is 2.10. The molecule has 0 fully saturated rings. The van der Waals surface area contributed by atoms with E-state index in [2.05, 4.69) is 9.99 Å². The fraction of sp³-hybridized carbons (Fsp3) is 0.118. The van der Waals surface area contributed by atoms with E-state index in [1.54, 1.807) is 17.5 Å². The topological polar surface area (TPSA) is 60.7 Å². The van der Waals surface area contributed by atoms with Gasteiger partial charge in [-0.3, -0.25) is 4.79 Å². The van der Waals surface area contributed by atoms with Crippen LogP contribution in [0.15, 0.2) is 53.1 Å². The molecule has 1 aromatic carbocycles. The predicted molar refractivity (Wildman–Crippen MR) is 90.4 cm³/mol. The Bertz CT molecular complexity index is 907. The highest BCUT2D eigenvalue weighted by molar-refractivity contribution is 7.12. The number of hydrogen-bond donors (Lipinski definition) is 0. The van der Waals surface area contributed by atoms with Crippen LogP contribution >= 0.6 is 11.3 Å². The number of rotatable bonds is 4. The van der Waals surface area contributed by atoms with Gasteiger partial charge in [-0.05, 0) is 30.5 Å². The summed E-state index contributed by atoms with van der Waals surface area (Å²) in [5.41, 5.74) is 1.61. The minimum atomic E-state index is -0.557. The number of fused-ring (bicyclic) bond motifs is 1. The zero-order valence-electron chi connectivity index (χ0n) is 12.6. The second kappa shape index (κ2) is 6.18. The lowest BCUT2D eigenvalue weighted by Crippen LogP contribution is -2.11. The van der Waals surface area contributed by atoms with Crippen LogP contribution in [0.25, 0.3) is 15.9 Å². The van der Waals surface area contributed by atoms with E-state index in [0.29, 0.717) is 5.56 Å². The molecule has 5 nitrogen and oxygen atoms in total. The maximum atomic E-state index is 12.6. The highest BCUT2D eigenvalue weighted by Crippen LogP contribution is 2.27. The smallest absolute Gasteiger partial charge is 0.318 e. The molecule has 23 heavy (non-hydrogen) atoms. The standard InChI is InChI=1S/C17H14N2O3S/c1-11(18-22-12(2)20)17(21)14-10-19(16-8-5-9-23-16)15-7-4-3-6-13(14)15/h3-10H,1-2H3/b18-11+. The van der Waals surface area contributed by atoms with Crippen LogP contribution in [-0.2, 0) is 9.63 Å². The first-order valence-corrected chi connectivity index (χ1v) is 7.86. The van der Waals surface area contributed by atoms with E-state index in [9.17, 15) is 9.59 Å². The van der Waals surface area contributed by atoms with Crippen LogP contribution in [0.4, 0.5) is 0 Å². The van der Waals surface area contributed by atoms with Gasteiger partial charge in [0.05, 0.1) is 10.5 Å². The third-order valence-corrected chi connectivity index (χ3v) is 4.21. The molecule has 0 spiro atoms. The molecule has 0 saturated carbocycles. The molecule has 2 heterocycles. The summed E-state index contributed by atoms with van der Waals surface area (Å²) >= 11 is 1.59. The Hall–Kier alpha value is -2.73. The molecule has 0 N–H and O–H groups in total. The lowest BCUT2D eigenvalue weighted by Gasteiger charge is -1.99. The number of nitrogens with zero attached hydrogens (tertiary/aromatic N) is 2. The van der Waals surface area contributed by atoms with Crippen LogP contribution in [-0.4, -0.2) is 22.0 Å². The largest absolute Gasteiger partial charge is 0.331 e. The van der Waals surface area contributed by atoms with Gasteiger partial charge in [0.25, 0.3) is 0 Å². The van der Waals surface area contributed by atoms with Gasteiger partial charge in [-0.25, -0.2) is 4.79 Å². The monoisotopic (exact) mass is 326 g/mol. The van der Waals surface area contributed by atoms with Crippen molar-refractivity contribution in [3.8, 4) is 5.00 Å². The molecule has 0 saturated heterocycles. The van der Waals surface area contributed by atoms with Crippen molar-refractivity contribution in [2.24, 2.45) is 5.16 Å². The van der Waals surface area contributed by atoms with Gasteiger partial charge in [0.2, 0.25) is 5.78 Å². The number of para-hydroxylation sites is 1. The summed E-state index contributed by atoms with van der Waals surface area (Å²) in [5.74, 6) is -0.823. The van der Waals surface area contributed by atoms with Gasteiger partial charge >= 0.3 is 5.97 Å². The van der Waals surface area contributed by atoms with Crippen LogP contribution in [0.5, 0.6) is 0 Å². The number of aromatic nitrogens is 1. The average Bonchev–Trinajstić information content (AvgIpc) is 3.19. The number of benzene rings is 1. The lowest BCUT2D eigenvalue weighted by molar-refractivity contribution is -0.140. The zero-order chi connectivity index (χ0) is 16.4. The predicted octanol–water partition coefficient (Wildman–Crippen LogP) is 3.81. The number of thiophene rings is 1. The van der Waals surface area contributed by atoms with E-state index in [-0.39, 0.29) is 11.5 Å². The molecule has 0 unspecified atom stereocenters. The van der Waals surface area contributed by atoms with Crippen molar-refractivity contribution in [1.82, 2.24) is 4.57 Å². The van der Waals surface area contributed by atoms with Crippen molar-refractivity contribution in [1.29, 1.82) is 0 Å². The van der Waals surface area contributed by atoms with E-state index >= 15 is 0 Å². The van der Waals surface area contributed by atoms with Crippen molar-refractivity contribution in [2.45, 2.75) is 13.8 Å². The summed E-state index contributed by atoms with van der Waals surface area (Å²) in [5, 5.41) is 7.43. The summed E-state index contributed by atoms with van der Waals surface area (Å²) < 4.78 is 1.98. The van der Waals surface area contributed by atoms with Crippen LogP contribution < -0.4 is 0 Å². The first-order valence-electron chi connectivity index (χ1n) is 6.99. The quantitative estimate of drug-likeness (QED) is 0.317. The summed E-state index contributed by atoms with van der Waals surface area (Å²) in [6.07, 6.45) is 1.80. The molecule has 6 heteroatoms. The van der Waals surface area contributed by atoms with Gasteiger partial charge in [0.15, 0.2) is 0 Å². The van der Waals surface area contributed by atoms with Gasteiger partial charge in [-0.1, -0.05) is 23.4 Å².